The van der Waals surface area contributed by atoms with Gasteiger partial charge in [0.2, 0.25) is 5.91 Å². The molecule has 0 spiro atoms. The van der Waals surface area contributed by atoms with Crippen LogP contribution in [0.15, 0.2) is 103 Å². The summed E-state index contributed by atoms with van der Waals surface area (Å²) in [5.41, 5.74) is 2.64. The molecule has 0 atom stereocenters. The number of halogens is 3. The minimum absolute atomic E-state index is 0.0733. The van der Waals surface area contributed by atoms with E-state index in [4.69, 9.17) is 4.74 Å². The second-order valence-electron chi connectivity index (χ2n) is 8.54. The quantitative estimate of drug-likeness (QED) is 0.260. The van der Waals surface area contributed by atoms with Gasteiger partial charge in [0.25, 0.3) is 0 Å². The number of carbonyl (C=O) groups excluding carboxylic acids is 1. The Labute approximate surface area is 208 Å². The molecule has 0 saturated carbocycles. The van der Waals surface area contributed by atoms with Crippen molar-refractivity contribution >= 4 is 5.91 Å². The predicted molar refractivity (Wildman–Crippen MR) is 132 cm³/mol. The van der Waals surface area contributed by atoms with Crippen LogP contribution in [-0.2, 0) is 41.9 Å². The van der Waals surface area contributed by atoms with E-state index in [1.54, 1.807) is 11.0 Å². The highest BCUT2D eigenvalue weighted by atomic mass is 19.4. The van der Waals surface area contributed by atoms with Crippen molar-refractivity contribution < 1.29 is 22.7 Å². The lowest BCUT2D eigenvalue weighted by molar-refractivity contribution is -0.138. The van der Waals surface area contributed by atoms with Gasteiger partial charge in [-0.1, -0.05) is 72.8 Å². The van der Waals surface area contributed by atoms with Crippen molar-refractivity contribution in [2.24, 2.45) is 0 Å². The fourth-order valence-electron chi connectivity index (χ4n) is 3.94. The largest absolute Gasteiger partial charge is 0.416 e. The minimum atomic E-state index is -4.39. The van der Waals surface area contributed by atoms with Gasteiger partial charge in [0.05, 0.1) is 18.7 Å². The van der Waals surface area contributed by atoms with Gasteiger partial charge < -0.3 is 14.2 Å². The van der Waals surface area contributed by atoms with E-state index in [2.05, 4.69) is 0 Å². The van der Waals surface area contributed by atoms with Gasteiger partial charge in [0.15, 0.2) is 0 Å². The Bertz CT molecular complexity index is 1250. The van der Waals surface area contributed by atoms with Crippen LogP contribution in [0.4, 0.5) is 13.2 Å². The molecule has 1 heterocycles. The van der Waals surface area contributed by atoms with Gasteiger partial charge >= 0.3 is 6.18 Å². The lowest BCUT2D eigenvalue weighted by Crippen LogP contribution is -2.34. The van der Waals surface area contributed by atoms with E-state index in [-0.39, 0.29) is 19.1 Å². The molecule has 0 bridgehead atoms. The Morgan fingerprint density at radius 2 is 1.44 bits per heavy atom. The second-order valence-corrected chi connectivity index (χ2v) is 8.54. The average molecular weight is 493 g/mol. The first-order chi connectivity index (χ1) is 17.4. The smallest absolute Gasteiger partial charge is 0.367 e. The average Bonchev–Trinajstić information content (AvgIpc) is 3.31. The van der Waals surface area contributed by atoms with Crippen molar-refractivity contribution in [3.8, 4) is 0 Å². The summed E-state index contributed by atoms with van der Waals surface area (Å²) < 4.78 is 47.0. The van der Waals surface area contributed by atoms with Crippen molar-refractivity contribution in [3.05, 3.63) is 131 Å². The van der Waals surface area contributed by atoms with Gasteiger partial charge in [-0.3, -0.25) is 4.79 Å². The second kappa shape index (κ2) is 11.7. The molecule has 4 rings (SSSR count). The predicted octanol–water partition coefficient (Wildman–Crippen LogP) is 6.30. The highest BCUT2D eigenvalue weighted by Crippen LogP contribution is 2.29. The van der Waals surface area contributed by atoms with Crippen LogP contribution in [0.1, 0.15) is 27.9 Å². The summed E-state index contributed by atoms with van der Waals surface area (Å²) in [5.74, 6) is -0.165. The first-order valence-electron chi connectivity index (χ1n) is 11.6. The van der Waals surface area contributed by atoms with Crippen LogP contribution < -0.4 is 0 Å². The highest BCUT2D eigenvalue weighted by molar-refractivity contribution is 5.77. The van der Waals surface area contributed by atoms with Crippen LogP contribution in [0.3, 0.4) is 0 Å². The monoisotopic (exact) mass is 492 g/mol. The van der Waals surface area contributed by atoms with Crippen molar-refractivity contribution in [2.75, 3.05) is 6.61 Å². The number of ether oxygens (including phenoxy) is 1. The van der Waals surface area contributed by atoms with Crippen LogP contribution in [0, 0.1) is 0 Å². The fraction of sp³-hybridized carbons (Fsp3) is 0.207. The molecule has 0 aliphatic carbocycles. The third-order valence-corrected chi connectivity index (χ3v) is 5.79. The normalized spacial score (nSPS) is 11.4. The molecule has 0 N–H and O–H groups in total. The number of hydrogen-bond acceptors (Lipinski definition) is 2. The molecular weight excluding hydrogens is 465 g/mol. The van der Waals surface area contributed by atoms with Gasteiger partial charge in [0, 0.05) is 25.0 Å². The summed E-state index contributed by atoms with van der Waals surface area (Å²) in [7, 11) is 0. The van der Waals surface area contributed by atoms with Gasteiger partial charge in [0.1, 0.15) is 6.61 Å². The molecule has 0 unspecified atom stereocenters. The summed E-state index contributed by atoms with van der Waals surface area (Å²) in [5, 5.41) is 0. The third-order valence-electron chi connectivity index (χ3n) is 5.79. The number of amides is 1. The molecule has 0 aliphatic heterocycles. The van der Waals surface area contributed by atoms with Crippen LogP contribution >= 0.6 is 0 Å². The van der Waals surface area contributed by atoms with Crippen LogP contribution in [0.2, 0.25) is 0 Å². The van der Waals surface area contributed by atoms with Crippen LogP contribution in [-0.4, -0.2) is 22.0 Å². The van der Waals surface area contributed by atoms with E-state index in [1.807, 2.05) is 83.6 Å². The summed E-state index contributed by atoms with van der Waals surface area (Å²) in [6, 6.07) is 28.3. The third kappa shape index (κ3) is 7.09. The Morgan fingerprint density at radius 3 is 2.14 bits per heavy atom. The number of alkyl halides is 3. The molecule has 186 valence electrons. The number of rotatable bonds is 10. The van der Waals surface area contributed by atoms with E-state index < -0.39 is 11.7 Å². The number of aromatic nitrogens is 1. The van der Waals surface area contributed by atoms with Crippen LogP contribution in [0.5, 0.6) is 0 Å². The lowest BCUT2D eigenvalue weighted by Gasteiger charge is -2.24. The lowest BCUT2D eigenvalue weighted by atomic mass is 10.1. The molecule has 7 heteroatoms. The zero-order valence-corrected chi connectivity index (χ0v) is 19.7. The van der Waals surface area contributed by atoms with E-state index >= 15 is 0 Å². The fourth-order valence-corrected chi connectivity index (χ4v) is 3.94. The van der Waals surface area contributed by atoms with Gasteiger partial charge in [-0.15, -0.1) is 0 Å². The minimum Gasteiger partial charge on any atom is -0.367 e. The highest BCUT2D eigenvalue weighted by Gasteiger charge is 2.30. The Kier molecular flexibility index (Phi) is 8.23. The van der Waals surface area contributed by atoms with Crippen molar-refractivity contribution in [1.29, 1.82) is 0 Å². The molecule has 4 aromatic rings. The first kappa shape index (κ1) is 25.3. The molecule has 4 nitrogen and oxygen atoms in total. The zero-order chi connectivity index (χ0) is 25.4. The molecule has 0 radical (unpaired) electrons. The van der Waals surface area contributed by atoms with E-state index in [9.17, 15) is 18.0 Å². The standard InChI is InChI=1S/C29H27F3N2O2/c30-29(31,32)26-14-7-13-25(17-26)19-33-16-8-15-27(33)20-34(18-23-9-3-1-4-10-23)28(35)22-36-21-24-11-5-2-6-12-24/h1-17H,18-22H2. The SMILES string of the molecule is O=C(COCc1ccccc1)N(Cc1ccccc1)Cc1cccn1Cc1cccc(C(F)(F)F)c1. The van der Waals surface area contributed by atoms with Gasteiger partial charge in [-0.25, -0.2) is 0 Å². The Balaban J connectivity index is 1.47. The van der Waals surface area contributed by atoms with E-state index in [0.717, 1.165) is 29.0 Å². The van der Waals surface area contributed by atoms with Crippen molar-refractivity contribution in [2.45, 2.75) is 32.4 Å². The summed E-state index contributed by atoms with van der Waals surface area (Å²) in [4.78, 5) is 14.9. The molecule has 0 saturated heterocycles. The molecule has 0 aliphatic rings. The number of hydrogen-bond donors (Lipinski definition) is 0. The number of nitrogens with zero attached hydrogens (tertiary/aromatic N) is 2. The molecule has 36 heavy (non-hydrogen) atoms. The van der Waals surface area contributed by atoms with Crippen molar-refractivity contribution in [3.63, 3.8) is 0 Å². The zero-order valence-electron chi connectivity index (χ0n) is 19.7. The molecule has 1 amide bonds. The molecular formula is C29H27F3N2O2. The van der Waals surface area contributed by atoms with Crippen molar-refractivity contribution in [1.82, 2.24) is 9.47 Å². The molecule has 3 aromatic carbocycles. The maximum Gasteiger partial charge on any atom is 0.416 e. The summed E-state index contributed by atoms with van der Waals surface area (Å²) in [6.07, 6.45) is -2.58. The Hall–Kier alpha value is -3.84. The summed E-state index contributed by atoms with van der Waals surface area (Å²) in [6.45, 7) is 1.22. The van der Waals surface area contributed by atoms with E-state index in [1.165, 1.54) is 6.07 Å². The first-order valence-corrected chi connectivity index (χ1v) is 11.6. The maximum atomic E-state index is 13.2. The van der Waals surface area contributed by atoms with Crippen LogP contribution in [0.25, 0.3) is 0 Å². The van der Waals surface area contributed by atoms with E-state index in [0.29, 0.717) is 25.3 Å². The van der Waals surface area contributed by atoms with Gasteiger partial charge in [-0.05, 0) is 41.0 Å². The Morgan fingerprint density at radius 1 is 0.778 bits per heavy atom. The maximum absolute atomic E-state index is 13.2. The number of benzene rings is 3. The summed E-state index contributed by atoms with van der Waals surface area (Å²) >= 11 is 0. The number of carbonyl (C=O) groups is 1. The molecule has 0 fully saturated rings. The topological polar surface area (TPSA) is 34.5 Å². The van der Waals surface area contributed by atoms with Gasteiger partial charge in [-0.2, -0.15) is 13.2 Å². The molecule has 1 aromatic heterocycles.